The van der Waals surface area contributed by atoms with Crippen LogP contribution in [0.4, 0.5) is 5.82 Å². The molecule has 1 aromatic heterocycles. The van der Waals surface area contributed by atoms with Crippen molar-refractivity contribution in [2.45, 2.75) is 32.3 Å². The van der Waals surface area contributed by atoms with Crippen molar-refractivity contribution in [2.24, 2.45) is 5.92 Å². The Morgan fingerprint density at radius 3 is 2.64 bits per heavy atom. The average molecular weight is 325 g/mol. The molecule has 122 valence electrons. The number of aromatic nitrogens is 2. The van der Waals surface area contributed by atoms with Gasteiger partial charge >= 0.3 is 5.97 Å². The van der Waals surface area contributed by atoms with Gasteiger partial charge in [0.05, 0.1) is 12.2 Å². The predicted molar refractivity (Wildman–Crippen MR) is 87.5 cm³/mol. The molecule has 2 rings (SSSR count). The summed E-state index contributed by atoms with van der Waals surface area (Å²) in [6.45, 7) is 6.52. The molecule has 0 saturated heterocycles. The van der Waals surface area contributed by atoms with E-state index >= 15 is 0 Å². The Morgan fingerprint density at radius 1 is 1.45 bits per heavy atom. The Kier molecular flexibility index (Phi) is 7.31. The van der Waals surface area contributed by atoms with E-state index in [1.54, 1.807) is 18.9 Å². The summed E-state index contributed by atoms with van der Waals surface area (Å²) in [5.41, 5.74) is 0.379. The first kappa shape index (κ1) is 18.4. The molecule has 0 aromatic carbocycles. The van der Waals surface area contributed by atoms with Gasteiger partial charge in [-0.05, 0) is 13.2 Å². The lowest BCUT2D eigenvalue weighted by Crippen LogP contribution is -2.42. The Labute approximate surface area is 135 Å². The summed E-state index contributed by atoms with van der Waals surface area (Å²) < 4.78 is 4.93. The summed E-state index contributed by atoms with van der Waals surface area (Å²) >= 11 is 1.41. The molecule has 1 aliphatic heterocycles. The molecule has 1 atom stereocenters. The van der Waals surface area contributed by atoms with Crippen LogP contribution >= 0.6 is 11.8 Å². The van der Waals surface area contributed by atoms with E-state index in [1.165, 1.54) is 24.4 Å². The molecule has 0 spiro atoms. The number of ketones is 1. The molecule has 0 fully saturated rings. The minimum atomic E-state index is -0.791. The number of rotatable bonds is 3. The molecule has 0 aliphatic carbocycles. The van der Waals surface area contributed by atoms with Gasteiger partial charge in [-0.1, -0.05) is 32.0 Å². The van der Waals surface area contributed by atoms with E-state index in [1.807, 2.05) is 6.26 Å². The molecule has 0 bridgehead atoms. The quantitative estimate of drug-likeness (QED) is 0.366. The molecule has 1 aromatic rings. The van der Waals surface area contributed by atoms with Gasteiger partial charge < -0.3 is 9.64 Å². The van der Waals surface area contributed by atoms with Gasteiger partial charge in [-0.25, -0.2) is 9.97 Å². The van der Waals surface area contributed by atoms with E-state index in [-0.39, 0.29) is 18.9 Å². The van der Waals surface area contributed by atoms with E-state index in [9.17, 15) is 9.59 Å². The first-order valence-electron chi connectivity index (χ1n) is 7.33. The zero-order valence-corrected chi connectivity index (χ0v) is 14.6. The third-order valence-electron chi connectivity index (χ3n) is 2.90. The van der Waals surface area contributed by atoms with Crippen LogP contribution in [-0.4, -0.2) is 48.2 Å². The van der Waals surface area contributed by atoms with Crippen molar-refractivity contribution in [3.8, 4) is 0 Å². The van der Waals surface area contributed by atoms with E-state index in [4.69, 9.17) is 4.74 Å². The zero-order chi connectivity index (χ0) is 16.7. The first-order valence-corrected chi connectivity index (χ1v) is 8.55. The van der Waals surface area contributed by atoms with Crippen molar-refractivity contribution in [2.75, 3.05) is 31.4 Å². The number of Topliss-reactive ketones (excluding diaryl/α,β-unsaturated/α-hetero) is 1. The molecule has 22 heavy (non-hydrogen) atoms. The Balaban J connectivity index is 0.000000745. The van der Waals surface area contributed by atoms with Crippen molar-refractivity contribution < 1.29 is 14.3 Å². The van der Waals surface area contributed by atoms with Crippen molar-refractivity contribution >= 4 is 29.3 Å². The van der Waals surface area contributed by atoms with Crippen LogP contribution < -0.4 is 4.90 Å². The fraction of sp³-hybridized carbons (Fsp3) is 0.600. The van der Waals surface area contributed by atoms with Crippen molar-refractivity contribution in [3.05, 3.63) is 11.8 Å². The standard InChI is InChI=1S/C12H15N3O3S.C3H8/c1-4-18-11(17)8-6-15(2)10-7(9(8)16)5-13-12(14-10)19-3;1-3-2/h5,8H,4,6H2,1-3H3;3H2,1-2H3. The topological polar surface area (TPSA) is 72.4 Å². The maximum Gasteiger partial charge on any atom is 0.318 e. The normalized spacial score (nSPS) is 16.5. The molecule has 7 heteroatoms. The molecule has 0 amide bonds. The van der Waals surface area contributed by atoms with E-state index in [0.29, 0.717) is 16.5 Å². The van der Waals surface area contributed by atoms with E-state index < -0.39 is 11.9 Å². The van der Waals surface area contributed by atoms with Gasteiger partial charge in [-0.2, -0.15) is 0 Å². The highest BCUT2D eigenvalue weighted by molar-refractivity contribution is 7.98. The van der Waals surface area contributed by atoms with Crippen LogP contribution in [0.1, 0.15) is 37.6 Å². The van der Waals surface area contributed by atoms with Gasteiger partial charge in [-0.3, -0.25) is 9.59 Å². The van der Waals surface area contributed by atoms with Crippen molar-refractivity contribution in [1.82, 2.24) is 9.97 Å². The third-order valence-corrected chi connectivity index (χ3v) is 3.46. The lowest BCUT2D eigenvalue weighted by molar-refractivity contribution is -0.145. The maximum absolute atomic E-state index is 12.3. The van der Waals surface area contributed by atoms with Crippen LogP contribution in [-0.2, 0) is 9.53 Å². The summed E-state index contributed by atoms with van der Waals surface area (Å²) in [7, 11) is 1.80. The van der Waals surface area contributed by atoms with Crippen LogP contribution in [0.15, 0.2) is 11.4 Å². The fourth-order valence-corrected chi connectivity index (χ4v) is 2.31. The number of esters is 1. The highest BCUT2D eigenvalue weighted by Crippen LogP contribution is 2.28. The predicted octanol–water partition coefficient (Wildman–Crippen LogP) is 2.43. The molecule has 0 saturated carbocycles. The molecule has 1 unspecified atom stereocenters. The Bertz CT molecular complexity index is 537. The van der Waals surface area contributed by atoms with Gasteiger partial charge in [0.2, 0.25) is 0 Å². The number of ether oxygens (including phenoxy) is 1. The lowest BCUT2D eigenvalue weighted by Gasteiger charge is -2.29. The highest BCUT2D eigenvalue weighted by atomic mass is 32.2. The van der Waals surface area contributed by atoms with Gasteiger partial charge in [0, 0.05) is 19.8 Å². The number of fused-ring (bicyclic) bond motifs is 1. The van der Waals surface area contributed by atoms with Crippen LogP contribution in [0.5, 0.6) is 0 Å². The lowest BCUT2D eigenvalue weighted by atomic mass is 9.94. The molecule has 0 N–H and O–H groups in total. The minimum Gasteiger partial charge on any atom is -0.465 e. The number of hydrogen-bond acceptors (Lipinski definition) is 7. The minimum absolute atomic E-state index is 0.265. The van der Waals surface area contributed by atoms with Gasteiger partial charge in [0.25, 0.3) is 0 Å². The summed E-state index contributed by atoms with van der Waals surface area (Å²) in [6.07, 6.45) is 4.60. The zero-order valence-electron chi connectivity index (χ0n) is 13.8. The smallest absolute Gasteiger partial charge is 0.318 e. The summed E-state index contributed by atoms with van der Waals surface area (Å²) in [6, 6.07) is 0. The largest absolute Gasteiger partial charge is 0.465 e. The van der Waals surface area contributed by atoms with Crippen LogP contribution in [0.25, 0.3) is 0 Å². The molecular weight excluding hydrogens is 302 g/mol. The average Bonchev–Trinajstić information content (AvgIpc) is 2.51. The third kappa shape index (κ3) is 4.19. The van der Waals surface area contributed by atoms with E-state index in [0.717, 1.165) is 0 Å². The summed E-state index contributed by atoms with van der Waals surface area (Å²) in [4.78, 5) is 34.2. The first-order chi connectivity index (χ1) is 10.5. The van der Waals surface area contributed by atoms with Gasteiger partial charge in [0.15, 0.2) is 10.9 Å². The van der Waals surface area contributed by atoms with Crippen molar-refractivity contribution in [1.29, 1.82) is 0 Å². The Hall–Kier alpha value is -1.63. The monoisotopic (exact) mass is 325 g/mol. The number of carbonyl (C=O) groups excluding carboxylic acids is 2. The van der Waals surface area contributed by atoms with Gasteiger partial charge in [0.1, 0.15) is 11.7 Å². The maximum atomic E-state index is 12.3. The molecular formula is C15H23N3O3S. The molecule has 6 nitrogen and oxygen atoms in total. The van der Waals surface area contributed by atoms with Gasteiger partial charge in [-0.15, -0.1) is 0 Å². The second kappa shape index (κ2) is 8.73. The summed E-state index contributed by atoms with van der Waals surface area (Å²) in [5.74, 6) is -0.968. The van der Waals surface area contributed by atoms with Crippen LogP contribution in [0.3, 0.4) is 0 Å². The SMILES string of the molecule is CCC.CCOC(=O)C1CN(C)c2nc(SC)ncc2C1=O. The van der Waals surface area contributed by atoms with Crippen LogP contribution in [0.2, 0.25) is 0 Å². The van der Waals surface area contributed by atoms with Crippen LogP contribution in [0, 0.1) is 5.92 Å². The second-order valence-corrected chi connectivity index (χ2v) is 5.62. The number of carbonyl (C=O) groups is 2. The fourth-order valence-electron chi connectivity index (χ4n) is 1.98. The Morgan fingerprint density at radius 2 is 2.09 bits per heavy atom. The van der Waals surface area contributed by atoms with E-state index in [2.05, 4.69) is 23.8 Å². The highest BCUT2D eigenvalue weighted by Gasteiger charge is 2.37. The van der Waals surface area contributed by atoms with Crippen molar-refractivity contribution in [3.63, 3.8) is 0 Å². The number of hydrogen-bond donors (Lipinski definition) is 0. The summed E-state index contributed by atoms with van der Waals surface area (Å²) in [5, 5.41) is 0.605. The molecule has 0 radical (unpaired) electrons. The molecule has 2 heterocycles. The number of nitrogens with zero attached hydrogens (tertiary/aromatic N) is 3. The number of anilines is 1. The second-order valence-electron chi connectivity index (χ2n) is 4.85. The molecule has 1 aliphatic rings. The number of thioether (sulfide) groups is 1.